The third kappa shape index (κ3) is 2.83. The molecule has 0 heterocycles. The standard InChI is InChI=1S/C11H12O3S/c1-3-14-10(12)8-4-5-9(11(13)15)7(2)6-8/h4-6H,3H2,1-2H3,(H,13,15). The molecule has 0 atom stereocenters. The van der Waals surface area contributed by atoms with Gasteiger partial charge in [-0.05, 0) is 37.6 Å². The molecule has 0 aliphatic rings. The summed E-state index contributed by atoms with van der Waals surface area (Å²) in [6, 6.07) is 4.77. The maximum absolute atomic E-state index is 11.4. The monoisotopic (exact) mass is 224 g/mol. The first-order valence-electron chi connectivity index (χ1n) is 4.57. The van der Waals surface area contributed by atoms with Crippen molar-refractivity contribution in [2.75, 3.05) is 6.61 Å². The van der Waals surface area contributed by atoms with Crippen molar-refractivity contribution in [1.29, 1.82) is 0 Å². The molecule has 0 unspecified atom stereocenters. The smallest absolute Gasteiger partial charge is 0.338 e. The number of aryl methyl sites for hydroxylation is 1. The summed E-state index contributed by atoms with van der Waals surface area (Å²) >= 11 is 3.73. The van der Waals surface area contributed by atoms with Crippen LogP contribution in [0.4, 0.5) is 0 Å². The number of rotatable bonds is 3. The van der Waals surface area contributed by atoms with Gasteiger partial charge in [-0.3, -0.25) is 4.79 Å². The van der Waals surface area contributed by atoms with E-state index in [1.807, 2.05) is 0 Å². The first kappa shape index (κ1) is 11.8. The third-order valence-corrected chi connectivity index (χ3v) is 2.21. The number of ether oxygens (including phenoxy) is 1. The number of thiol groups is 1. The topological polar surface area (TPSA) is 43.4 Å². The Hall–Kier alpha value is -1.29. The van der Waals surface area contributed by atoms with Gasteiger partial charge in [-0.15, -0.1) is 12.6 Å². The molecule has 0 aliphatic carbocycles. The molecule has 0 aliphatic heterocycles. The fourth-order valence-corrected chi connectivity index (χ4v) is 1.50. The highest BCUT2D eigenvalue weighted by Crippen LogP contribution is 2.14. The number of benzene rings is 1. The zero-order valence-corrected chi connectivity index (χ0v) is 9.51. The normalized spacial score (nSPS) is 9.80. The van der Waals surface area contributed by atoms with Crippen LogP contribution in [0.15, 0.2) is 18.2 Å². The molecule has 3 nitrogen and oxygen atoms in total. The van der Waals surface area contributed by atoms with Gasteiger partial charge in [-0.1, -0.05) is 0 Å². The van der Waals surface area contributed by atoms with E-state index in [2.05, 4.69) is 12.6 Å². The minimum atomic E-state index is -0.376. The van der Waals surface area contributed by atoms with Crippen LogP contribution in [0, 0.1) is 6.92 Å². The molecule has 0 radical (unpaired) electrons. The van der Waals surface area contributed by atoms with Crippen molar-refractivity contribution in [3.63, 3.8) is 0 Å². The van der Waals surface area contributed by atoms with Crippen LogP contribution in [-0.2, 0) is 4.74 Å². The number of esters is 1. The van der Waals surface area contributed by atoms with Crippen molar-refractivity contribution in [2.45, 2.75) is 13.8 Å². The maximum atomic E-state index is 11.4. The fourth-order valence-electron chi connectivity index (χ4n) is 1.25. The summed E-state index contributed by atoms with van der Waals surface area (Å²) in [5.74, 6) is -0.376. The Kier molecular flexibility index (Phi) is 3.91. The molecule has 0 N–H and O–H groups in total. The SMILES string of the molecule is CCOC(=O)c1ccc(C(=O)S)c(C)c1. The molecule has 0 amide bonds. The summed E-state index contributed by atoms with van der Waals surface area (Å²) in [5, 5.41) is -0.303. The number of carbonyl (C=O) groups excluding carboxylic acids is 2. The first-order chi connectivity index (χ1) is 7.06. The third-order valence-electron chi connectivity index (χ3n) is 1.97. The largest absolute Gasteiger partial charge is 0.462 e. The van der Waals surface area contributed by atoms with Crippen LogP contribution < -0.4 is 0 Å². The minimum Gasteiger partial charge on any atom is -0.462 e. The van der Waals surface area contributed by atoms with Crippen LogP contribution >= 0.6 is 12.6 Å². The average molecular weight is 224 g/mol. The van der Waals surface area contributed by atoms with Crippen molar-refractivity contribution in [3.8, 4) is 0 Å². The average Bonchev–Trinajstić information content (AvgIpc) is 2.17. The fraction of sp³-hybridized carbons (Fsp3) is 0.273. The lowest BCUT2D eigenvalue weighted by Gasteiger charge is -2.05. The van der Waals surface area contributed by atoms with Crippen LogP contribution in [0.3, 0.4) is 0 Å². The molecule has 1 aromatic rings. The highest BCUT2D eigenvalue weighted by Gasteiger charge is 2.10. The summed E-state index contributed by atoms with van der Waals surface area (Å²) in [5.41, 5.74) is 1.68. The van der Waals surface area contributed by atoms with Crippen molar-refractivity contribution >= 4 is 23.7 Å². The highest BCUT2D eigenvalue weighted by atomic mass is 32.1. The quantitative estimate of drug-likeness (QED) is 0.632. The summed E-state index contributed by atoms with van der Waals surface area (Å²) < 4.78 is 4.84. The summed E-state index contributed by atoms with van der Waals surface area (Å²) in [6.45, 7) is 3.84. The molecule has 1 aromatic carbocycles. The number of hydrogen-bond acceptors (Lipinski definition) is 3. The molecule has 0 aromatic heterocycles. The van der Waals surface area contributed by atoms with Crippen molar-refractivity contribution in [2.24, 2.45) is 0 Å². The molecule has 1 rings (SSSR count). The second-order valence-corrected chi connectivity index (χ2v) is 3.46. The Bertz CT molecular complexity index is 399. The number of hydrogen-bond donors (Lipinski definition) is 1. The van der Waals surface area contributed by atoms with Crippen LogP contribution in [0.5, 0.6) is 0 Å². The van der Waals surface area contributed by atoms with Crippen LogP contribution in [-0.4, -0.2) is 17.7 Å². The Morgan fingerprint density at radius 2 is 2.07 bits per heavy atom. The van der Waals surface area contributed by atoms with Crippen molar-refractivity contribution in [3.05, 3.63) is 34.9 Å². The van der Waals surface area contributed by atoms with Gasteiger partial charge in [-0.25, -0.2) is 4.79 Å². The minimum absolute atomic E-state index is 0.303. The molecule has 0 saturated carbocycles. The predicted molar refractivity (Wildman–Crippen MR) is 60.5 cm³/mol. The van der Waals surface area contributed by atoms with Crippen molar-refractivity contribution in [1.82, 2.24) is 0 Å². The lowest BCUT2D eigenvalue weighted by Crippen LogP contribution is -2.06. The van der Waals surface area contributed by atoms with Gasteiger partial charge in [0.1, 0.15) is 0 Å². The molecule has 0 saturated heterocycles. The number of carbonyl (C=O) groups is 2. The van der Waals surface area contributed by atoms with Crippen LogP contribution in [0.2, 0.25) is 0 Å². The van der Waals surface area contributed by atoms with E-state index in [4.69, 9.17) is 4.74 Å². The van der Waals surface area contributed by atoms with E-state index in [0.717, 1.165) is 5.56 Å². The zero-order chi connectivity index (χ0) is 11.4. The Labute approximate surface area is 93.8 Å². The lowest BCUT2D eigenvalue weighted by molar-refractivity contribution is 0.0526. The molecule has 80 valence electrons. The summed E-state index contributed by atoms with van der Waals surface area (Å²) in [6.07, 6.45) is 0. The van der Waals surface area contributed by atoms with E-state index in [1.54, 1.807) is 32.0 Å². The van der Waals surface area contributed by atoms with E-state index >= 15 is 0 Å². The summed E-state index contributed by atoms with van der Waals surface area (Å²) in [4.78, 5) is 22.4. The molecule has 0 spiro atoms. The van der Waals surface area contributed by atoms with E-state index < -0.39 is 0 Å². The molecular formula is C11H12O3S. The Morgan fingerprint density at radius 3 is 2.53 bits per heavy atom. The van der Waals surface area contributed by atoms with Gasteiger partial charge in [0.25, 0.3) is 0 Å². The Morgan fingerprint density at radius 1 is 1.40 bits per heavy atom. The molecule has 15 heavy (non-hydrogen) atoms. The van der Waals surface area contributed by atoms with E-state index in [-0.39, 0.29) is 11.1 Å². The molecule has 0 fully saturated rings. The second-order valence-electron chi connectivity index (χ2n) is 3.06. The van der Waals surface area contributed by atoms with E-state index in [9.17, 15) is 9.59 Å². The molecule has 0 bridgehead atoms. The van der Waals surface area contributed by atoms with Crippen LogP contribution in [0.1, 0.15) is 33.2 Å². The second kappa shape index (κ2) is 4.98. The highest BCUT2D eigenvalue weighted by molar-refractivity contribution is 7.97. The van der Waals surface area contributed by atoms with E-state index in [1.165, 1.54) is 0 Å². The van der Waals surface area contributed by atoms with Gasteiger partial charge < -0.3 is 4.74 Å². The van der Waals surface area contributed by atoms with Gasteiger partial charge >= 0.3 is 5.97 Å². The zero-order valence-electron chi connectivity index (χ0n) is 8.61. The first-order valence-corrected chi connectivity index (χ1v) is 5.02. The van der Waals surface area contributed by atoms with Gasteiger partial charge in [0.15, 0.2) is 0 Å². The lowest BCUT2D eigenvalue weighted by atomic mass is 10.1. The van der Waals surface area contributed by atoms with Gasteiger partial charge in [-0.2, -0.15) is 0 Å². The van der Waals surface area contributed by atoms with Gasteiger partial charge in [0, 0.05) is 5.56 Å². The summed E-state index contributed by atoms with van der Waals surface area (Å²) in [7, 11) is 0. The molecule has 4 heteroatoms. The van der Waals surface area contributed by atoms with Crippen LogP contribution in [0.25, 0.3) is 0 Å². The molecular weight excluding hydrogens is 212 g/mol. The van der Waals surface area contributed by atoms with Crippen molar-refractivity contribution < 1.29 is 14.3 Å². The predicted octanol–water partition coefficient (Wildman–Crippen LogP) is 2.24. The Balaban J connectivity index is 3.01. The van der Waals surface area contributed by atoms with E-state index in [0.29, 0.717) is 17.7 Å². The van der Waals surface area contributed by atoms with Gasteiger partial charge in [0.2, 0.25) is 5.12 Å². The van der Waals surface area contributed by atoms with Gasteiger partial charge in [0.05, 0.1) is 12.2 Å². The maximum Gasteiger partial charge on any atom is 0.338 e.